The molecule has 1 aliphatic rings. The Morgan fingerprint density at radius 1 is 1.27 bits per heavy atom. The van der Waals surface area contributed by atoms with Crippen LogP contribution in [-0.2, 0) is 6.42 Å². The maximum atomic E-state index is 6.09. The third-order valence-corrected chi connectivity index (χ3v) is 3.45. The van der Waals surface area contributed by atoms with Crippen LogP contribution in [0.5, 0.6) is 0 Å². The average Bonchev–Trinajstić information content (AvgIpc) is 2.96. The van der Waals surface area contributed by atoms with Crippen LogP contribution in [0.25, 0.3) is 0 Å². The van der Waals surface area contributed by atoms with E-state index < -0.39 is 0 Å². The van der Waals surface area contributed by atoms with Gasteiger partial charge in [-0.25, -0.2) is 0 Å². The van der Waals surface area contributed by atoms with Gasteiger partial charge >= 0.3 is 0 Å². The van der Waals surface area contributed by atoms with Crippen LogP contribution in [0, 0.1) is 5.92 Å². The van der Waals surface area contributed by atoms with E-state index in [9.17, 15) is 0 Å². The van der Waals surface area contributed by atoms with Gasteiger partial charge in [0.1, 0.15) is 0 Å². The Kier molecular flexibility index (Phi) is 3.11. The van der Waals surface area contributed by atoms with Gasteiger partial charge in [0.25, 0.3) is 0 Å². The van der Waals surface area contributed by atoms with Gasteiger partial charge in [-0.05, 0) is 43.6 Å². The van der Waals surface area contributed by atoms with Crippen molar-refractivity contribution in [2.45, 2.75) is 44.6 Å². The van der Waals surface area contributed by atoms with Gasteiger partial charge in [0.2, 0.25) is 0 Å². The molecular weight excluding hydrogens is 182 g/mol. The molecule has 0 saturated heterocycles. The molecule has 1 fully saturated rings. The van der Waals surface area contributed by atoms with Crippen LogP contribution in [0.3, 0.4) is 0 Å². The summed E-state index contributed by atoms with van der Waals surface area (Å²) in [5.74, 6) is 0.758. The minimum absolute atomic E-state index is 0.227. The zero-order chi connectivity index (χ0) is 10.7. The Morgan fingerprint density at radius 3 is 2.53 bits per heavy atom. The first kappa shape index (κ1) is 10.7. The molecule has 1 heteroatoms. The minimum Gasteiger partial charge on any atom is -0.325 e. The third-order valence-electron chi connectivity index (χ3n) is 3.45. The molecule has 0 bridgehead atoms. The molecular formula is C14H21N. The first-order chi connectivity index (χ1) is 7.18. The monoisotopic (exact) mass is 203 g/mol. The predicted molar refractivity (Wildman–Crippen MR) is 64.7 cm³/mol. The largest absolute Gasteiger partial charge is 0.325 e. The van der Waals surface area contributed by atoms with E-state index in [1.165, 1.54) is 37.7 Å². The van der Waals surface area contributed by atoms with E-state index in [1.54, 1.807) is 0 Å². The molecule has 0 heterocycles. The molecule has 1 unspecified atom stereocenters. The van der Waals surface area contributed by atoms with Crippen LogP contribution in [0.2, 0.25) is 0 Å². The van der Waals surface area contributed by atoms with Gasteiger partial charge in [0.15, 0.2) is 0 Å². The van der Waals surface area contributed by atoms with Gasteiger partial charge in [-0.3, -0.25) is 0 Å². The van der Waals surface area contributed by atoms with Crippen LogP contribution in [-0.4, -0.2) is 5.54 Å². The summed E-state index contributed by atoms with van der Waals surface area (Å²) in [5, 5.41) is 0. The highest BCUT2D eigenvalue weighted by Crippen LogP contribution is 2.37. The maximum absolute atomic E-state index is 6.09. The number of hydrogen-bond donors (Lipinski definition) is 1. The molecule has 1 aromatic rings. The number of hydrogen-bond acceptors (Lipinski definition) is 1. The highest BCUT2D eigenvalue weighted by atomic mass is 14.8. The fourth-order valence-electron chi connectivity index (χ4n) is 2.06. The van der Waals surface area contributed by atoms with Crippen molar-refractivity contribution in [2.24, 2.45) is 11.7 Å². The molecule has 0 spiro atoms. The van der Waals surface area contributed by atoms with Gasteiger partial charge in [0, 0.05) is 5.54 Å². The van der Waals surface area contributed by atoms with Crippen molar-refractivity contribution in [3.8, 4) is 0 Å². The standard InChI is InChI=1S/C14H21N/c1-12(7-8-14(15)9-10-14)11-13-5-3-2-4-6-13/h2-6,12H,7-11,15H2,1H3. The van der Waals surface area contributed by atoms with E-state index in [1.807, 2.05) is 0 Å². The van der Waals surface area contributed by atoms with Crippen molar-refractivity contribution >= 4 is 0 Å². The second-order valence-corrected chi connectivity index (χ2v) is 5.20. The fourth-order valence-corrected chi connectivity index (χ4v) is 2.06. The smallest absolute Gasteiger partial charge is 0.0155 e. The van der Waals surface area contributed by atoms with Crippen molar-refractivity contribution in [3.63, 3.8) is 0 Å². The summed E-state index contributed by atoms with van der Waals surface area (Å²) in [6, 6.07) is 10.7. The lowest BCUT2D eigenvalue weighted by molar-refractivity contribution is 0.458. The van der Waals surface area contributed by atoms with Gasteiger partial charge in [0.05, 0.1) is 0 Å². The summed E-state index contributed by atoms with van der Waals surface area (Å²) >= 11 is 0. The number of rotatable bonds is 5. The topological polar surface area (TPSA) is 26.0 Å². The van der Waals surface area contributed by atoms with E-state index in [2.05, 4.69) is 37.3 Å². The Balaban J connectivity index is 1.75. The zero-order valence-corrected chi connectivity index (χ0v) is 9.58. The summed E-state index contributed by atoms with van der Waals surface area (Å²) < 4.78 is 0. The highest BCUT2D eigenvalue weighted by Gasteiger charge is 2.37. The average molecular weight is 203 g/mol. The molecule has 1 atom stereocenters. The Labute approximate surface area is 92.7 Å². The summed E-state index contributed by atoms with van der Waals surface area (Å²) in [6.45, 7) is 2.33. The highest BCUT2D eigenvalue weighted by molar-refractivity contribution is 5.15. The van der Waals surface area contributed by atoms with Crippen molar-refractivity contribution in [3.05, 3.63) is 35.9 Å². The Morgan fingerprint density at radius 2 is 1.93 bits per heavy atom. The van der Waals surface area contributed by atoms with Gasteiger partial charge in [-0.2, -0.15) is 0 Å². The summed E-state index contributed by atoms with van der Waals surface area (Å²) in [6.07, 6.45) is 6.15. The number of nitrogens with two attached hydrogens (primary N) is 1. The SMILES string of the molecule is CC(CCC1(N)CC1)Cc1ccccc1. The summed E-state index contributed by atoms with van der Waals surface area (Å²) in [7, 11) is 0. The van der Waals surface area contributed by atoms with Gasteiger partial charge in [-0.15, -0.1) is 0 Å². The van der Waals surface area contributed by atoms with E-state index in [-0.39, 0.29) is 5.54 Å². The second-order valence-electron chi connectivity index (χ2n) is 5.20. The quantitative estimate of drug-likeness (QED) is 0.781. The van der Waals surface area contributed by atoms with Gasteiger partial charge < -0.3 is 5.73 Å². The zero-order valence-electron chi connectivity index (χ0n) is 9.58. The lowest BCUT2D eigenvalue weighted by Crippen LogP contribution is -2.22. The molecule has 1 aromatic carbocycles. The fraction of sp³-hybridized carbons (Fsp3) is 0.571. The van der Waals surface area contributed by atoms with Crippen LogP contribution in [0.1, 0.15) is 38.2 Å². The van der Waals surface area contributed by atoms with Crippen LogP contribution in [0.4, 0.5) is 0 Å². The lowest BCUT2D eigenvalue weighted by atomic mass is 9.94. The normalized spacial score (nSPS) is 19.9. The van der Waals surface area contributed by atoms with E-state index in [0.717, 1.165) is 5.92 Å². The van der Waals surface area contributed by atoms with Crippen LogP contribution < -0.4 is 5.73 Å². The predicted octanol–water partition coefficient (Wildman–Crippen LogP) is 3.14. The van der Waals surface area contributed by atoms with Crippen molar-refractivity contribution in [2.75, 3.05) is 0 Å². The summed E-state index contributed by atoms with van der Waals surface area (Å²) in [5.41, 5.74) is 7.77. The second kappa shape index (κ2) is 4.36. The molecule has 1 nitrogen and oxygen atoms in total. The molecule has 2 N–H and O–H groups in total. The lowest BCUT2D eigenvalue weighted by Gasteiger charge is -2.14. The Bertz CT molecular complexity index is 300. The van der Waals surface area contributed by atoms with Crippen molar-refractivity contribution in [1.29, 1.82) is 0 Å². The number of benzene rings is 1. The first-order valence-corrected chi connectivity index (χ1v) is 6.01. The third kappa shape index (κ3) is 3.35. The first-order valence-electron chi connectivity index (χ1n) is 6.01. The molecule has 0 amide bonds. The minimum atomic E-state index is 0.227. The molecule has 0 aliphatic heterocycles. The van der Waals surface area contributed by atoms with Crippen molar-refractivity contribution in [1.82, 2.24) is 0 Å². The molecule has 0 radical (unpaired) electrons. The molecule has 1 saturated carbocycles. The van der Waals surface area contributed by atoms with Crippen LogP contribution in [0.15, 0.2) is 30.3 Å². The molecule has 2 rings (SSSR count). The van der Waals surface area contributed by atoms with Crippen molar-refractivity contribution < 1.29 is 0 Å². The van der Waals surface area contributed by atoms with E-state index >= 15 is 0 Å². The van der Waals surface area contributed by atoms with E-state index in [0.29, 0.717) is 0 Å². The summed E-state index contributed by atoms with van der Waals surface area (Å²) in [4.78, 5) is 0. The van der Waals surface area contributed by atoms with Crippen LogP contribution >= 0.6 is 0 Å². The Hall–Kier alpha value is -0.820. The van der Waals surface area contributed by atoms with Gasteiger partial charge in [-0.1, -0.05) is 37.3 Å². The molecule has 15 heavy (non-hydrogen) atoms. The maximum Gasteiger partial charge on any atom is 0.0155 e. The molecule has 0 aromatic heterocycles. The molecule has 1 aliphatic carbocycles. The van der Waals surface area contributed by atoms with E-state index in [4.69, 9.17) is 5.73 Å². The molecule has 82 valence electrons.